The highest BCUT2D eigenvalue weighted by atomic mass is 16.4. The maximum Gasteiger partial charge on any atom is 0.326 e. The Morgan fingerprint density at radius 1 is 1.73 bits per heavy atom. The summed E-state index contributed by atoms with van der Waals surface area (Å²) >= 11 is 0. The number of hydrogen-bond donors (Lipinski definition) is 2. The molecule has 5 nitrogen and oxygen atoms in total. The first-order valence-corrected chi connectivity index (χ1v) is 4.53. The Balaban J connectivity index is 2.72. The van der Waals surface area contributed by atoms with Crippen molar-refractivity contribution >= 4 is 11.7 Å². The van der Waals surface area contributed by atoms with E-state index in [9.17, 15) is 4.79 Å². The minimum absolute atomic E-state index is 0.309. The summed E-state index contributed by atoms with van der Waals surface area (Å²) < 4.78 is 0. The summed E-state index contributed by atoms with van der Waals surface area (Å²) in [5, 5.41) is 20.1. The summed E-state index contributed by atoms with van der Waals surface area (Å²) in [6, 6.07) is 4.44. The molecule has 0 aliphatic carbocycles. The van der Waals surface area contributed by atoms with Crippen molar-refractivity contribution < 1.29 is 9.90 Å². The number of carbonyl (C=O) groups is 1. The first-order chi connectivity index (χ1) is 7.17. The van der Waals surface area contributed by atoms with Crippen molar-refractivity contribution in [3.63, 3.8) is 0 Å². The highest BCUT2D eigenvalue weighted by molar-refractivity contribution is 5.77. The third kappa shape index (κ3) is 2.95. The molecule has 0 spiro atoms. The molecule has 1 unspecified atom stereocenters. The lowest BCUT2D eigenvalue weighted by Crippen LogP contribution is -2.28. The second-order valence-electron chi connectivity index (χ2n) is 2.99. The standard InChI is InChI=1S/C10H11N3O2/c1-2-9(10(14)15)13-8-4-3-7(5-11)12-6-8/h3-4,6,9,13H,2H2,1H3,(H,14,15). The number of aliphatic carboxylic acids is 1. The molecule has 0 aliphatic rings. The Labute approximate surface area is 87.4 Å². The molecule has 0 bridgehead atoms. The molecule has 1 atom stereocenters. The van der Waals surface area contributed by atoms with Crippen LogP contribution in [0.5, 0.6) is 0 Å². The van der Waals surface area contributed by atoms with Gasteiger partial charge in [0.15, 0.2) is 0 Å². The van der Waals surface area contributed by atoms with E-state index in [1.807, 2.05) is 6.07 Å². The number of nitrogens with one attached hydrogen (secondary N) is 1. The molecular weight excluding hydrogens is 194 g/mol. The van der Waals surface area contributed by atoms with Crippen molar-refractivity contribution in [3.05, 3.63) is 24.0 Å². The van der Waals surface area contributed by atoms with Crippen LogP contribution in [0.3, 0.4) is 0 Å². The van der Waals surface area contributed by atoms with E-state index in [1.54, 1.807) is 13.0 Å². The number of carboxylic acid groups (broad SMARTS) is 1. The zero-order chi connectivity index (χ0) is 11.3. The van der Waals surface area contributed by atoms with Gasteiger partial charge in [-0.2, -0.15) is 5.26 Å². The maximum absolute atomic E-state index is 10.7. The monoisotopic (exact) mass is 205 g/mol. The van der Waals surface area contributed by atoms with E-state index in [2.05, 4.69) is 10.3 Å². The average molecular weight is 205 g/mol. The van der Waals surface area contributed by atoms with Gasteiger partial charge in [0, 0.05) is 0 Å². The smallest absolute Gasteiger partial charge is 0.326 e. The van der Waals surface area contributed by atoms with Crippen molar-refractivity contribution in [2.45, 2.75) is 19.4 Å². The lowest BCUT2D eigenvalue weighted by molar-refractivity contribution is -0.137. The largest absolute Gasteiger partial charge is 0.480 e. The lowest BCUT2D eigenvalue weighted by atomic mass is 10.2. The molecule has 0 radical (unpaired) electrons. The van der Waals surface area contributed by atoms with E-state index in [-0.39, 0.29) is 0 Å². The van der Waals surface area contributed by atoms with Crippen LogP contribution in [0.4, 0.5) is 5.69 Å². The average Bonchev–Trinajstić information content (AvgIpc) is 2.26. The van der Waals surface area contributed by atoms with Crippen LogP contribution >= 0.6 is 0 Å². The number of hydrogen-bond acceptors (Lipinski definition) is 4. The van der Waals surface area contributed by atoms with Crippen LogP contribution in [-0.4, -0.2) is 22.1 Å². The summed E-state index contributed by atoms with van der Waals surface area (Å²) in [6.45, 7) is 1.78. The molecule has 0 saturated carbocycles. The van der Waals surface area contributed by atoms with E-state index in [0.717, 1.165) is 0 Å². The van der Waals surface area contributed by atoms with Gasteiger partial charge in [0.05, 0.1) is 11.9 Å². The molecule has 78 valence electrons. The molecule has 1 aromatic heterocycles. The van der Waals surface area contributed by atoms with Gasteiger partial charge in [0.1, 0.15) is 17.8 Å². The number of nitriles is 1. The fraction of sp³-hybridized carbons (Fsp3) is 0.300. The van der Waals surface area contributed by atoms with Crippen LogP contribution in [0.25, 0.3) is 0 Å². The quantitative estimate of drug-likeness (QED) is 0.772. The Bertz CT molecular complexity index is 381. The van der Waals surface area contributed by atoms with E-state index in [4.69, 9.17) is 10.4 Å². The SMILES string of the molecule is CCC(Nc1ccc(C#N)nc1)C(=O)O. The molecule has 0 saturated heterocycles. The highest BCUT2D eigenvalue weighted by Crippen LogP contribution is 2.08. The fourth-order valence-corrected chi connectivity index (χ4v) is 1.08. The van der Waals surface area contributed by atoms with Gasteiger partial charge >= 0.3 is 5.97 Å². The van der Waals surface area contributed by atoms with Gasteiger partial charge in [-0.1, -0.05) is 6.92 Å². The molecule has 1 heterocycles. The molecule has 5 heteroatoms. The van der Waals surface area contributed by atoms with Crippen LogP contribution in [0.15, 0.2) is 18.3 Å². The Kier molecular flexibility index (Phi) is 3.63. The number of aromatic nitrogens is 1. The molecule has 2 N–H and O–H groups in total. The minimum atomic E-state index is -0.901. The van der Waals surface area contributed by atoms with E-state index >= 15 is 0 Å². The van der Waals surface area contributed by atoms with Crippen molar-refractivity contribution in [2.24, 2.45) is 0 Å². The molecule has 1 aromatic rings. The number of carboxylic acids is 1. The summed E-state index contributed by atoms with van der Waals surface area (Å²) in [5.41, 5.74) is 0.909. The van der Waals surface area contributed by atoms with Gasteiger partial charge in [-0.3, -0.25) is 0 Å². The third-order valence-electron chi connectivity index (χ3n) is 1.93. The fourth-order valence-electron chi connectivity index (χ4n) is 1.08. The molecule has 1 rings (SSSR count). The molecule has 15 heavy (non-hydrogen) atoms. The van der Waals surface area contributed by atoms with Crippen molar-refractivity contribution in [2.75, 3.05) is 5.32 Å². The number of rotatable bonds is 4. The topological polar surface area (TPSA) is 86.0 Å². The molecule has 0 aliphatic heterocycles. The van der Waals surface area contributed by atoms with Crippen LogP contribution < -0.4 is 5.32 Å². The normalized spacial score (nSPS) is 11.5. The summed E-state index contributed by atoms with van der Waals surface area (Å²) in [6.07, 6.45) is 1.93. The van der Waals surface area contributed by atoms with Crippen LogP contribution in [0.1, 0.15) is 19.0 Å². The van der Waals surface area contributed by atoms with Gasteiger partial charge in [-0.25, -0.2) is 9.78 Å². The Morgan fingerprint density at radius 3 is 2.87 bits per heavy atom. The third-order valence-corrected chi connectivity index (χ3v) is 1.93. The van der Waals surface area contributed by atoms with Gasteiger partial charge in [-0.15, -0.1) is 0 Å². The van der Waals surface area contributed by atoms with Crippen LogP contribution in [0, 0.1) is 11.3 Å². The first kappa shape index (κ1) is 11.0. The van der Waals surface area contributed by atoms with E-state index in [0.29, 0.717) is 17.8 Å². The van der Waals surface area contributed by atoms with Crippen LogP contribution in [-0.2, 0) is 4.79 Å². The number of nitrogens with zero attached hydrogens (tertiary/aromatic N) is 2. The predicted octanol–water partition coefficient (Wildman–Crippen LogP) is 1.23. The number of pyridine rings is 1. The van der Waals surface area contributed by atoms with E-state index < -0.39 is 12.0 Å². The summed E-state index contributed by atoms with van der Waals surface area (Å²) in [4.78, 5) is 14.6. The second kappa shape index (κ2) is 4.96. The van der Waals surface area contributed by atoms with Crippen molar-refractivity contribution in [3.8, 4) is 6.07 Å². The molecule has 0 amide bonds. The van der Waals surface area contributed by atoms with Gasteiger partial charge in [0.2, 0.25) is 0 Å². The maximum atomic E-state index is 10.7. The first-order valence-electron chi connectivity index (χ1n) is 4.53. The van der Waals surface area contributed by atoms with Crippen LogP contribution in [0.2, 0.25) is 0 Å². The van der Waals surface area contributed by atoms with Crippen molar-refractivity contribution in [1.82, 2.24) is 4.98 Å². The zero-order valence-electron chi connectivity index (χ0n) is 8.27. The lowest BCUT2D eigenvalue weighted by Gasteiger charge is -2.12. The minimum Gasteiger partial charge on any atom is -0.480 e. The molecule has 0 aromatic carbocycles. The zero-order valence-corrected chi connectivity index (χ0v) is 8.27. The number of anilines is 1. The Hall–Kier alpha value is -2.09. The summed E-state index contributed by atoms with van der Waals surface area (Å²) in [7, 11) is 0. The second-order valence-corrected chi connectivity index (χ2v) is 2.99. The summed E-state index contributed by atoms with van der Waals surface area (Å²) in [5.74, 6) is -0.901. The van der Waals surface area contributed by atoms with Gasteiger partial charge < -0.3 is 10.4 Å². The van der Waals surface area contributed by atoms with Gasteiger partial charge in [0.25, 0.3) is 0 Å². The Morgan fingerprint density at radius 2 is 2.47 bits per heavy atom. The highest BCUT2D eigenvalue weighted by Gasteiger charge is 2.13. The predicted molar refractivity (Wildman–Crippen MR) is 54.3 cm³/mol. The van der Waals surface area contributed by atoms with Gasteiger partial charge in [-0.05, 0) is 18.6 Å². The molecular formula is C10H11N3O2. The molecule has 0 fully saturated rings. The van der Waals surface area contributed by atoms with E-state index in [1.165, 1.54) is 12.3 Å². The van der Waals surface area contributed by atoms with Crippen molar-refractivity contribution in [1.29, 1.82) is 5.26 Å².